The summed E-state index contributed by atoms with van der Waals surface area (Å²) in [5, 5.41) is 1.30. The lowest BCUT2D eigenvalue weighted by atomic mass is 10.1. The van der Waals surface area contributed by atoms with E-state index < -0.39 is 0 Å². The van der Waals surface area contributed by atoms with Crippen molar-refractivity contribution in [3.05, 3.63) is 33.8 Å². The van der Waals surface area contributed by atoms with Crippen LogP contribution in [0.4, 0.5) is 0 Å². The number of rotatable bonds is 2. The predicted molar refractivity (Wildman–Crippen MR) is 53.7 cm³/mol. The van der Waals surface area contributed by atoms with Gasteiger partial charge in [0, 0.05) is 16.1 Å². The summed E-state index contributed by atoms with van der Waals surface area (Å²) in [7, 11) is 0. The molecule has 0 aromatic heterocycles. The number of halogens is 2. The van der Waals surface area contributed by atoms with Gasteiger partial charge in [-0.05, 0) is 24.1 Å². The summed E-state index contributed by atoms with van der Waals surface area (Å²) < 4.78 is 0. The third-order valence-corrected chi connectivity index (χ3v) is 2.36. The molecule has 0 radical (unpaired) electrons. The Labute approximate surface area is 82.5 Å². The Bertz CT molecular complexity index is 273. The fraction of sp³-hybridized carbons (Fsp3) is 0.333. The van der Waals surface area contributed by atoms with E-state index >= 15 is 0 Å². The first kappa shape index (κ1) is 9.85. The van der Waals surface area contributed by atoms with Crippen LogP contribution in [0.25, 0.3) is 0 Å². The van der Waals surface area contributed by atoms with Crippen LogP contribution in [0.2, 0.25) is 10.0 Å². The van der Waals surface area contributed by atoms with Gasteiger partial charge in [0.25, 0.3) is 0 Å². The molecule has 0 saturated heterocycles. The second-order valence-corrected chi connectivity index (χ2v) is 3.52. The van der Waals surface area contributed by atoms with Crippen molar-refractivity contribution in [2.24, 2.45) is 5.73 Å². The molecule has 1 atom stereocenters. The molecule has 0 spiro atoms. The lowest BCUT2D eigenvalue weighted by Gasteiger charge is -2.10. The van der Waals surface area contributed by atoms with Crippen molar-refractivity contribution in [3.63, 3.8) is 0 Å². The molecule has 0 heterocycles. The highest BCUT2D eigenvalue weighted by Crippen LogP contribution is 2.26. The summed E-state index contributed by atoms with van der Waals surface area (Å²) in [5.41, 5.74) is 6.78. The summed E-state index contributed by atoms with van der Waals surface area (Å²) in [6.45, 7) is 2.02. The molecule has 12 heavy (non-hydrogen) atoms. The first-order valence-electron chi connectivity index (χ1n) is 3.85. The van der Waals surface area contributed by atoms with E-state index in [-0.39, 0.29) is 6.04 Å². The zero-order valence-electron chi connectivity index (χ0n) is 6.85. The van der Waals surface area contributed by atoms with Gasteiger partial charge in [0.05, 0.1) is 0 Å². The molecule has 0 saturated carbocycles. The Kier molecular flexibility index (Phi) is 3.39. The van der Waals surface area contributed by atoms with E-state index in [1.54, 1.807) is 12.1 Å². The molecule has 2 N–H and O–H groups in total. The molecule has 1 nitrogen and oxygen atoms in total. The molecule has 0 aliphatic heterocycles. The third kappa shape index (κ3) is 2.13. The summed E-state index contributed by atoms with van der Waals surface area (Å²) in [6.07, 6.45) is 0.876. The molecule has 1 aromatic rings. The zero-order valence-corrected chi connectivity index (χ0v) is 8.36. The molecule has 0 aliphatic carbocycles. The molecule has 66 valence electrons. The maximum absolute atomic E-state index is 5.94. The van der Waals surface area contributed by atoms with Gasteiger partial charge in [-0.1, -0.05) is 36.2 Å². The monoisotopic (exact) mass is 203 g/mol. The van der Waals surface area contributed by atoms with Gasteiger partial charge in [-0.25, -0.2) is 0 Å². The first-order chi connectivity index (χ1) is 5.65. The molecule has 0 fully saturated rings. The molecule has 1 aromatic carbocycles. The van der Waals surface area contributed by atoms with Crippen LogP contribution in [0.3, 0.4) is 0 Å². The van der Waals surface area contributed by atoms with Crippen LogP contribution >= 0.6 is 23.2 Å². The van der Waals surface area contributed by atoms with Crippen molar-refractivity contribution in [2.45, 2.75) is 19.4 Å². The molecule has 0 amide bonds. The first-order valence-corrected chi connectivity index (χ1v) is 4.61. The van der Waals surface area contributed by atoms with Crippen LogP contribution in [0.15, 0.2) is 18.2 Å². The highest BCUT2D eigenvalue weighted by Gasteiger charge is 2.07. The van der Waals surface area contributed by atoms with Gasteiger partial charge >= 0.3 is 0 Å². The molecule has 0 aliphatic rings. The van der Waals surface area contributed by atoms with Gasteiger partial charge in [-0.2, -0.15) is 0 Å². The van der Waals surface area contributed by atoms with E-state index in [9.17, 15) is 0 Å². The molecule has 0 bridgehead atoms. The molecule has 1 rings (SSSR count). The molecular weight excluding hydrogens is 193 g/mol. The van der Waals surface area contributed by atoms with Crippen LogP contribution in [0.1, 0.15) is 24.9 Å². The van der Waals surface area contributed by atoms with E-state index in [0.29, 0.717) is 10.0 Å². The van der Waals surface area contributed by atoms with E-state index in [1.165, 1.54) is 0 Å². The Morgan fingerprint density at radius 3 is 2.58 bits per heavy atom. The van der Waals surface area contributed by atoms with Gasteiger partial charge in [-0.15, -0.1) is 0 Å². The van der Waals surface area contributed by atoms with Gasteiger partial charge in [0.1, 0.15) is 0 Å². The van der Waals surface area contributed by atoms with E-state index in [4.69, 9.17) is 28.9 Å². The van der Waals surface area contributed by atoms with E-state index in [2.05, 4.69) is 0 Å². The predicted octanol–water partition coefficient (Wildman–Crippen LogP) is 3.40. The maximum Gasteiger partial charge on any atom is 0.0468 e. The Hall–Kier alpha value is -0.240. The van der Waals surface area contributed by atoms with Crippen molar-refractivity contribution < 1.29 is 0 Å². The molecular formula is C9H11Cl2N. The molecule has 3 heteroatoms. The summed E-state index contributed by atoms with van der Waals surface area (Å²) in [4.78, 5) is 0. The fourth-order valence-corrected chi connectivity index (χ4v) is 1.57. The quantitative estimate of drug-likeness (QED) is 0.784. The largest absolute Gasteiger partial charge is 0.324 e. The van der Waals surface area contributed by atoms with Crippen LogP contribution in [-0.4, -0.2) is 0 Å². The van der Waals surface area contributed by atoms with Crippen molar-refractivity contribution in [2.75, 3.05) is 0 Å². The van der Waals surface area contributed by atoms with Crippen LogP contribution in [-0.2, 0) is 0 Å². The standard InChI is InChI=1S/C9H11Cl2N/c1-2-9(12)7-4-3-6(10)5-8(7)11/h3-5,9H,2,12H2,1H3/t9-/m1/s1. The minimum atomic E-state index is 0.00904. The van der Waals surface area contributed by atoms with E-state index in [0.717, 1.165) is 12.0 Å². The minimum absolute atomic E-state index is 0.00904. The van der Waals surface area contributed by atoms with Crippen molar-refractivity contribution in [1.82, 2.24) is 0 Å². The highest BCUT2D eigenvalue weighted by atomic mass is 35.5. The zero-order chi connectivity index (χ0) is 9.14. The average molecular weight is 204 g/mol. The van der Waals surface area contributed by atoms with E-state index in [1.807, 2.05) is 13.0 Å². The average Bonchev–Trinajstić information content (AvgIpc) is 2.03. The van der Waals surface area contributed by atoms with Gasteiger partial charge < -0.3 is 5.73 Å². The summed E-state index contributed by atoms with van der Waals surface area (Å²) in [6, 6.07) is 5.40. The second kappa shape index (κ2) is 4.13. The Balaban J connectivity index is 3.01. The van der Waals surface area contributed by atoms with Gasteiger partial charge in [-0.3, -0.25) is 0 Å². The number of hydrogen-bond donors (Lipinski definition) is 1. The Morgan fingerprint density at radius 1 is 1.42 bits per heavy atom. The van der Waals surface area contributed by atoms with Crippen molar-refractivity contribution in [1.29, 1.82) is 0 Å². The topological polar surface area (TPSA) is 26.0 Å². The molecule has 0 unspecified atom stereocenters. The normalized spacial score (nSPS) is 13.0. The lowest BCUT2D eigenvalue weighted by Crippen LogP contribution is -2.08. The highest BCUT2D eigenvalue weighted by molar-refractivity contribution is 6.35. The van der Waals surface area contributed by atoms with Gasteiger partial charge in [0.15, 0.2) is 0 Å². The van der Waals surface area contributed by atoms with Crippen LogP contribution in [0.5, 0.6) is 0 Å². The second-order valence-electron chi connectivity index (χ2n) is 2.68. The number of benzene rings is 1. The number of nitrogens with two attached hydrogens (primary N) is 1. The van der Waals surface area contributed by atoms with Crippen LogP contribution in [0, 0.1) is 0 Å². The summed E-state index contributed by atoms with van der Waals surface area (Å²) >= 11 is 11.7. The minimum Gasteiger partial charge on any atom is -0.324 e. The third-order valence-electron chi connectivity index (χ3n) is 1.80. The Morgan fingerprint density at radius 2 is 2.08 bits per heavy atom. The SMILES string of the molecule is CC[C@@H](N)c1ccc(Cl)cc1Cl. The lowest BCUT2D eigenvalue weighted by molar-refractivity contribution is 0.699. The number of hydrogen-bond acceptors (Lipinski definition) is 1. The van der Waals surface area contributed by atoms with Crippen molar-refractivity contribution >= 4 is 23.2 Å². The smallest absolute Gasteiger partial charge is 0.0468 e. The fourth-order valence-electron chi connectivity index (χ4n) is 1.02. The maximum atomic E-state index is 5.94. The van der Waals surface area contributed by atoms with Crippen molar-refractivity contribution in [3.8, 4) is 0 Å². The van der Waals surface area contributed by atoms with Gasteiger partial charge in [0.2, 0.25) is 0 Å². The van der Waals surface area contributed by atoms with Crippen LogP contribution < -0.4 is 5.73 Å². The summed E-state index contributed by atoms with van der Waals surface area (Å²) in [5.74, 6) is 0.